The molecule has 0 radical (unpaired) electrons. The van der Waals surface area contributed by atoms with Gasteiger partial charge in [-0.1, -0.05) is 6.92 Å². The fourth-order valence-corrected chi connectivity index (χ4v) is 3.70. The molecule has 0 saturated carbocycles. The van der Waals surface area contributed by atoms with Crippen molar-refractivity contribution in [3.8, 4) is 0 Å². The first-order valence-electron chi connectivity index (χ1n) is 7.58. The van der Waals surface area contributed by atoms with E-state index in [9.17, 15) is 0 Å². The second kappa shape index (κ2) is 5.45. The molecule has 4 nitrogen and oxygen atoms in total. The molecule has 2 atom stereocenters. The van der Waals surface area contributed by atoms with E-state index < -0.39 is 0 Å². The van der Waals surface area contributed by atoms with Gasteiger partial charge in [0.15, 0.2) is 0 Å². The molecule has 1 aliphatic carbocycles. The Bertz CT molecular complexity index is 444. The zero-order valence-corrected chi connectivity index (χ0v) is 12.0. The van der Waals surface area contributed by atoms with E-state index in [1.165, 1.54) is 43.6 Å². The molecule has 1 fully saturated rings. The van der Waals surface area contributed by atoms with Crippen molar-refractivity contribution < 1.29 is 0 Å². The van der Waals surface area contributed by atoms with E-state index in [1.54, 1.807) is 0 Å². The number of likely N-dealkylation sites (tertiary alicyclic amines) is 1. The number of anilines is 1. The van der Waals surface area contributed by atoms with Crippen molar-refractivity contribution in [2.45, 2.75) is 45.1 Å². The molecule has 1 saturated heterocycles. The number of rotatable bonds is 3. The molecule has 0 amide bonds. The molecule has 4 heteroatoms. The van der Waals surface area contributed by atoms with Gasteiger partial charge >= 0.3 is 0 Å². The van der Waals surface area contributed by atoms with Gasteiger partial charge in [-0.2, -0.15) is 0 Å². The number of nitrogens with zero attached hydrogens (tertiary/aromatic N) is 3. The van der Waals surface area contributed by atoms with Crippen LogP contribution in [-0.4, -0.2) is 41.0 Å². The van der Waals surface area contributed by atoms with E-state index in [1.807, 2.05) is 13.2 Å². The lowest BCUT2D eigenvalue weighted by Gasteiger charge is -2.44. The molecule has 2 heterocycles. The SMILES string of the molecule is CCCN1CCC[C@H]2Cc3nc(NC)ncc3C[C@@H]21. The van der Waals surface area contributed by atoms with Crippen LogP contribution in [0.25, 0.3) is 0 Å². The number of hydrogen-bond acceptors (Lipinski definition) is 4. The van der Waals surface area contributed by atoms with Gasteiger partial charge in [-0.05, 0) is 56.7 Å². The number of hydrogen-bond donors (Lipinski definition) is 1. The summed E-state index contributed by atoms with van der Waals surface area (Å²) in [6.07, 6.45) is 8.28. The van der Waals surface area contributed by atoms with Gasteiger partial charge in [-0.15, -0.1) is 0 Å². The molecule has 2 aliphatic rings. The van der Waals surface area contributed by atoms with Crippen molar-refractivity contribution in [3.63, 3.8) is 0 Å². The highest BCUT2D eigenvalue weighted by Crippen LogP contribution is 2.34. The quantitative estimate of drug-likeness (QED) is 0.903. The van der Waals surface area contributed by atoms with Crippen LogP contribution < -0.4 is 5.32 Å². The third-order valence-corrected chi connectivity index (χ3v) is 4.61. The lowest BCUT2D eigenvalue weighted by Crippen LogP contribution is -2.49. The summed E-state index contributed by atoms with van der Waals surface area (Å²) < 4.78 is 0. The van der Waals surface area contributed by atoms with Gasteiger partial charge in [-0.3, -0.25) is 4.90 Å². The zero-order valence-electron chi connectivity index (χ0n) is 12.0. The molecule has 1 N–H and O–H groups in total. The van der Waals surface area contributed by atoms with Gasteiger partial charge < -0.3 is 5.32 Å². The zero-order chi connectivity index (χ0) is 13.2. The topological polar surface area (TPSA) is 41.1 Å². The summed E-state index contributed by atoms with van der Waals surface area (Å²) in [4.78, 5) is 11.7. The van der Waals surface area contributed by atoms with E-state index >= 15 is 0 Å². The third-order valence-electron chi connectivity index (χ3n) is 4.61. The molecule has 1 aromatic rings. The summed E-state index contributed by atoms with van der Waals surface area (Å²) >= 11 is 0. The van der Waals surface area contributed by atoms with Crippen molar-refractivity contribution in [2.75, 3.05) is 25.5 Å². The van der Waals surface area contributed by atoms with E-state index in [0.717, 1.165) is 30.7 Å². The average molecular weight is 260 g/mol. The van der Waals surface area contributed by atoms with Crippen molar-refractivity contribution in [1.82, 2.24) is 14.9 Å². The molecule has 1 aliphatic heterocycles. The van der Waals surface area contributed by atoms with Crippen LogP contribution in [0.1, 0.15) is 37.4 Å². The smallest absolute Gasteiger partial charge is 0.222 e. The van der Waals surface area contributed by atoms with Crippen LogP contribution in [0.15, 0.2) is 6.20 Å². The highest BCUT2D eigenvalue weighted by Gasteiger charge is 2.35. The van der Waals surface area contributed by atoms with Gasteiger partial charge in [-0.25, -0.2) is 9.97 Å². The molecule has 0 aromatic carbocycles. The number of nitrogens with one attached hydrogen (secondary N) is 1. The van der Waals surface area contributed by atoms with Crippen molar-refractivity contribution in [1.29, 1.82) is 0 Å². The number of piperidine rings is 1. The summed E-state index contributed by atoms with van der Waals surface area (Å²) in [6.45, 7) is 4.80. The Balaban J connectivity index is 1.84. The van der Waals surface area contributed by atoms with Gasteiger partial charge in [0, 0.05) is 25.0 Å². The predicted molar refractivity (Wildman–Crippen MR) is 77.4 cm³/mol. The Labute approximate surface area is 115 Å². The van der Waals surface area contributed by atoms with E-state index in [0.29, 0.717) is 0 Å². The van der Waals surface area contributed by atoms with Crippen LogP contribution in [0.3, 0.4) is 0 Å². The van der Waals surface area contributed by atoms with Gasteiger partial charge in [0.05, 0.1) is 0 Å². The third kappa shape index (κ3) is 2.46. The van der Waals surface area contributed by atoms with Crippen LogP contribution in [0.4, 0.5) is 5.95 Å². The highest BCUT2D eigenvalue weighted by molar-refractivity contribution is 5.31. The average Bonchev–Trinajstić information content (AvgIpc) is 2.45. The van der Waals surface area contributed by atoms with Gasteiger partial charge in [0.1, 0.15) is 0 Å². The summed E-state index contributed by atoms with van der Waals surface area (Å²) in [5, 5.41) is 3.05. The van der Waals surface area contributed by atoms with Crippen LogP contribution in [0.2, 0.25) is 0 Å². The molecule has 0 spiro atoms. The van der Waals surface area contributed by atoms with E-state index in [4.69, 9.17) is 0 Å². The summed E-state index contributed by atoms with van der Waals surface area (Å²) in [7, 11) is 1.89. The Morgan fingerprint density at radius 3 is 3.11 bits per heavy atom. The second-order valence-electron chi connectivity index (χ2n) is 5.83. The maximum atomic E-state index is 4.65. The monoisotopic (exact) mass is 260 g/mol. The van der Waals surface area contributed by atoms with Crippen LogP contribution in [-0.2, 0) is 12.8 Å². The minimum Gasteiger partial charge on any atom is -0.357 e. The second-order valence-corrected chi connectivity index (χ2v) is 5.83. The Kier molecular flexibility index (Phi) is 3.69. The van der Waals surface area contributed by atoms with E-state index in [2.05, 4.69) is 27.1 Å². The van der Waals surface area contributed by atoms with Gasteiger partial charge in [0.25, 0.3) is 0 Å². The maximum absolute atomic E-state index is 4.65. The minimum atomic E-state index is 0.727. The first kappa shape index (κ1) is 12.9. The van der Waals surface area contributed by atoms with Crippen LogP contribution >= 0.6 is 0 Å². The first-order chi connectivity index (χ1) is 9.31. The molecule has 19 heavy (non-hydrogen) atoms. The first-order valence-corrected chi connectivity index (χ1v) is 7.58. The predicted octanol–water partition coefficient (Wildman–Crippen LogP) is 2.11. The molecule has 1 aromatic heterocycles. The maximum Gasteiger partial charge on any atom is 0.222 e. The molecule has 0 bridgehead atoms. The van der Waals surface area contributed by atoms with Crippen molar-refractivity contribution >= 4 is 5.95 Å². The van der Waals surface area contributed by atoms with Crippen molar-refractivity contribution in [3.05, 3.63) is 17.5 Å². The molecule has 3 rings (SSSR count). The Morgan fingerprint density at radius 1 is 1.42 bits per heavy atom. The van der Waals surface area contributed by atoms with Crippen LogP contribution in [0, 0.1) is 5.92 Å². The number of fused-ring (bicyclic) bond motifs is 2. The Hall–Kier alpha value is -1.16. The fraction of sp³-hybridized carbons (Fsp3) is 0.733. The summed E-state index contributed by atoms with van der Waals surface area (Å²) in [5.74, 6) is 1.56. The molecular formula is C15H24N4. The normalized spacial score (nSPS) is 26.6. The lowest BCUT2D eigenvalue weighted by atomic mass is 9.77. The van der Waals surface area contributed by atoms with E-state index in [-0.39, 0.29) is 0 Å². The largest absolute Gasteiger partial charge is 0.357 e. The van der Waals surface area contributed by atoms with Gasteiger partial charge in [0.2, 0.25) is 5.95 Å². The fourth-order valence-electron chi connectivity index (χ4n) is 3.70. The summed E-state index contributed by atoms with van der Waals surface area (Å²) in [6, 6.07) is 0.727. The molecule has 0 unspecified atom stereocenters. The summed E-state index contributed by atoms with van der Waals surface area (Å²) in [5.41, 5.74) is 2.64. The Morgan fingerprint density at radius 2 is 2.32 bits per heavy atom. The molecular weight excluding hydrogens is 236 g/mol. The minimum absolute atomic E-state index is 0.727. The van der Waals surface area contributed by atoms with Crippen molar-refractivity contribution in [2.24, 2.45) is 5.92 Å². The standard InChI is InChI=1S/C15H24N4/c1-3-6-19-7-4-5-11-8-13-12(9-14(11)19)10-17-15(16-2)18-13/h10-11,14H,3-9H2,1-2H3,(H,16,17,18)/t11-,14-/m0/s1. The molecule has 104 valence electrons. The highest BCUT2D eigenvalue weighted by atomic mass is 15.2. The number of aromatic nitrogens is 2. The van der Waals surface area contributed by atoms with Crippen LogP contribution in [0.5, 0.6) is 0 Å². The lowest BCUT2D eigenvalue weighted by molar-refractivity contribution is 0.0845.